The van der Waals surface area contributed by atoms with Gasteiger partial charge in [-0.1, -0.05) is 0 Å². The highest BCUT2D eigenvalue weighted by molar-refractivity contribution is 5.37. The minimum Gasteiger partial charge on any atom is -0.481 e. The van der Waals surface area contributed by atoms with Gasteiger partial charge in [0.1, 0.15) is 0 Å². The molecule has 6 nitrogen and oxygen atoms in total. The van der Waals surface area contributed by atoms with E-state index >= 15 is 0 Å². The van der Waals surface area contributed by atoms with Crippen molar-refractivity contribution in [3.05, 3.63) is 6.07 Å². The van der Waals surface area contributed by atoms with Gasteiger partial charge in [0.05, 0.1) is 26.4 Å². The lowest BCUT2D eigenvalue weighted by atomic mass is 9.92. The quantitative estimate of drug-likeness (QED) is 0.881. The standard InChI is InChI=1S/C13H21N3O3/c1-9(17)10-4-6-16(7-5-10)13-14-11(18-2)8-12(15-13)19-3/h8-10,17H,4-7H2,1-3H3. The third kappa shape index (κ3) is 3.26. The Bertz CT molecular complexity index is 395. The summed E-state index contributed by atoms with van der Waals surface area (Å²) in [7, 11) is 3.15. The highest BCUT2D eigenvalue weighted by Crippen LogP contribution is 2.26. The fourth-order valence-corrected chi connectivity index (χ4v) is 2.32. The van der Waals surface area contributed by atoms with Gasteiger partial charge in [-0.25, -0.2) is 0 Å². The summed E-state index contributed by atoms with van der Waals surface area (Å²) in [6.45, 7) is 3.53. The molecule has 2 rings (SSSR count). The molecule has 1 atom stereocenters. The number of aromatic nitrogens is 2. The van der Waals surface area contributed by atoms with E-state index in [9.17, 15) is 5.11 Å². The zero-order valence-electron chi connectivity index (χ0n) is 11.7. The normalized spacial score (nSPS) is 18.2. The maximum Gasteiger partial charge on any atom is 0.231 e. The number of rotatable bonds is 4. The molecule has 1 saturated heterocycles. The molecule has 0 aliphatic carbocycles. The first kappa shape index (κ1) is 13.9. The number of aliphatic hydroxyl groups is 1. The fourth-order valence-electron chi connectivity index (χ4n) is 2.32. The van der Waals surface area contributed by atoms with E-state index in [1.165, 1.54) is 0 Å². The van der Waals surface area contributed by atoms with Crippen molar-refractivity contribution >= 4 is 5.95 Å². The second-order valence-electron chi connectivity index (χ2n) is 4.82. The number of nitrogens with zero attached hydrogens (tertiary/aromatic N) is 3. The van der Waals surface area contributed by atoms with Crippen LogP contribution < -0.4 is 14.4 Å². The van der Waals surface area contributed by atoms with Gasteiger partial charge in [-0.2, -0.15) is 9.97 Å². The van der Waals surface area contributed by atoms with Crippen molar-refractivity contribution < 1.29 is 14.6 Å². The average molecular weight is 267 g/mol. The number of aliphatic hydroxyl groups excluding tert-OH is 1. The van der Waals surface area contributed by atoms with Crippen molar-refractivity contribution in [2.45, 2.75) is 25.9 Å². The summed E-state index contributed by atoms with van der Waals surface area (Å²) in [6.07, 6.45) is 1.64. The Hall–Kier alpha value is -1.56. The van der Waals surface area contributed by atoms with Gasteiger partial charge in [0.2, 0.25) is 17.7 Å². The molecule has 6 heteroatoms. The Morgan fingerprint density at radius 1 is 1.21 bits per heavy atom. The van der Waals surface area contributed by atoms with E-state index in [0.29, 0.717) is 23.6 Å². The summed E-state index contributed by atoms with van der Waals surface area (Å²) >= 11 is 0. The largest absolute Gasteiger partial charge is 0.481 e. The minimum atomic E-state index is -0.247. The molecule has 0 bridgehead atoms. The predicted octanol–water partition coefficient (Wildman–Crippen LogP) is 1.09. The van der Waals surface area contributed by atoms with Gasteiger partial charge in [-0.05, 0) is 25.7 Å². The molecule has 0 saturated carbocycles. The molecular formula is C13H21N3O3. The predicted molar refractivity (Wildman–Crippen MR) is 71.8 cm³/mol. The molecule has 0 amide bonds. The second kappa shape index (κ2) is 6.06. The summed E-state index contributed by atoms with van der Waals surface area (Å²) in [5, 5.41) is 9.61. The average Bonchev–Trinajstić information content (AvgIpc) is 2.46. The molecule has 1 aliphatic heterocycles. The van der Waals surface area contributed by atoms with E-state index in [2.05, 4.69) is 14.9 Å². The van der Waals surface area contributed by atoms with Gasteiger partial charge in [-0.3, -0.25) is 0 Å². The molecule has 2 heterocycles. The van der Waals surface area contributed by atoms with Gasteiger partial charge in [-0.15, -0.1) is 0 Å². The molecule has 1 fully saturated rings. The third-order valence-electron chi connectivity index (χ3n) is 3.59. The Kier molecular flexibility index (Phi) is 4.42. The Morgan fingerprint density at radius 3 is 2.16 bits per heavy atom. The third-order valence-corrected chi connectivity index (χ3v) is 3.59. The smallest absolute Gasteiger partial charge is 0.231 e. The Morgan fingerprint density at radius 2 is 1.74 bits per heavy atom. The molecule has 1 aliphatic rings. The lowest BCUT2D eigenvalue weighted by Crippen LogP contribution is -2.38. The van der Waals surface area contributed by atoms with Gasteiger partial charge in [0.25, 0.3) is 0 Å². The van der Waals surface area contributed by atoms with E-state index in [1.807, 2.05) is 6.92 Å². The van der Waals surface area contributed by atoms with Gasteiger partial charge in [0.15, 0.2) is 0 Å². The topological polar surface area (TPSA) is 67.7 Å². The highest BCUT2D eigenvalue weighted by atomic mass is 16.5. The molecule has 19 heavy (non-hydrogen) atoms. The van der Waals surface area contributed by atoms with Crippen LogP contribution in [-0.2, 0) is 0 Å². The number of hydrogen-bond acceptors (Lipinski definition) is 6. The minimum absolute atomic E-state index is 0.247. The van der Waals surface area contributed by atoms with Crippen LogP contribution in [-0.4, -0.2) is 48.5 Å². The summed E-state index contributed by atoms with van der Waals surface area (Å²) < 4.78 is 10.3. The van der Waals surface area contributed by atoms with Gasteiger partial charge < -0.3 is 19.5 Å². The number of hydrogen-bond donors (Lipinski definition) is 1. The molecular weight excluding hydrogens is 246 g/mol. The van der Waals surface area contributed by atoms with Crippen molar-refractivity contribution in [1.82, 2.24) is 9.97 Å². The van der Waals surface area contributed by atoms with Crippen LogP contribution in [0.25, 0.3) is 0 Å². The molecule has 0 spiro atoms. The van der Waals surface area contributed by atoms with Crippen LogP contribution in [0.1, 0.15) is 19.8 Å². The van der Waals surface area contributed by atoms with E-state index in [0.717, 1.165) is 25.9 Å². The second-order valence-corrected chi connectivity index (χ2v) is 4.82. The van der Waals surface area contributed by atoms with Crippen molar-refractivity contribution in [3.8, 4) is 11.8 Å². The lowest BCUT2D eigenvalue weighted by molar-refractivity contribution is 0.109. The first-order valence-electron chi connectivity index (χ1n) is 6.54. The van der Waals surface area contributed by atoms with Crippen molar-refractivity contribution in [2.24, 2.45) is 5.92 Å². The SMILES string of the molecule is COc1cc(OC)nc(N2CCC(C(C)O)CC2)n1. The van der Waals surface area contributed by atoms with E-state index in [4.69, 9.17) is 9.47 Å². The molecule has 0 radical (unpaired) electrons. The molecule has 1 aromatic rings. The number of methoxy groups -OCH3 is 2. The van der Waals surface area contributed by atoms with E-state index in [1.54, 1.807) is 20.3 Å². The monoisotopic (exact) mass is 267 g/mol. The van der Waals surface area contributed by atoms with Gasteiger partial charge in [0, 0.05) is 13.1 Å². The lowest BCUT2D eigenvalue weighted by Gasteiger charge is -2.33. The summed E-state index contributed by atoms with van der Waals surface area (Å²) in [6, 6.07) is 1.66. The number of anilines is 1. The zero-order chi connectivity index (χ0) is 13.8. The van der Waals surface area contributed by atoms with E-state index < -0.39 is 0 Å². The highest BCUT2D eigenvalue weighted by Gasteiger charge is 2.24. The molecule has 1 N–H and O–H groups in total. The first-order valence-corrected chi connectivity index (χ1v) is 6.54. The summed E-state index contributed by atoms with van der Waals surface area (Å²) in [5.41, 5.74) is 0. The molecule has 0 aromatic carbocycles. The van der Waals surface area contributed by atoms with Gasteiger partial charge >= 0.3 is 0 Å². The van der Waals surface area contributed by atoms with E-state index in [-0.39, 0.29) is 6.10 Å². The number of ether oxygens (including phenoxy) is 2. The van der Waals surface area contributed by atoms with Crippen LogP contribution in [0.2, 0.25) is 0 Å². The van der Waals surface area contributed by atoms with Crippen LogP contribution in [0.15, 0.2) is 6.07 Å². The fraction of sp³-hybridized carbons (Fsp3) is 0.692. The first-order chi connectivity index (χ1) is 9.13. The summed E-state index contributed by atoms with van der Waals surface area (Å²) in [4.78, 5) is 10.8. The number of piperidine rings is 1. The molecule has 1 aromatic heterocycles. The Balaban J connectivity index is 2.10. The van der Waals surface area contributed by atoms with Crippen molar-refractivity contribution in [3.63, 3.8) is 0 Å². The maximum atomic E-state index is 9.61. The van der Waals surface area contributed by atoms with Crippen LogP contribution in [0, 0.1) is 5.92 Å². The van der Waals surface area contributed by atoms with Crippen LogP contribution in [0.4, 0.5) is 5.95 Å². The molecule has 1 unspecified atom stereocenters. The Labute approximate surface area is 113 Å². The van der Waals surface area contributed by atoms with Crippen LogP contribution in [0.3, 0.4) is 0 Å². The zero-order valence-corrected chi connectivity index (χ0v) is 11.7. The van der Waals surface area contributed by atoms with Crippen molar-refractivity contribution in [2.75, 3.05) is 32.2 Å². The van der Waals surface area contributed by atoms with Crippen LogP contribution in [0.5, 0.6) is 11.8 Å². The van der Waals surface area contributed by atoms with Crippen LogP contribution >= 0.6 is 0 Å². The van der Waals surface area contributed by atoms with Crippen molar-refractivity contribution in [1.29, 1.82) is 0 Å². The maximum absolute atomic E-state index is 9.61. The summed E-state index contributed by atoms with van der Waals surface area (Å²) in [5.74, 6) is 1.99. The molecule has 106 valence electrons.